The second-order valence-corrected chi connectivity index (χ2v) is 5.38. The third-order valence-electron chi connectivity index (χ3n) is 3.73. The number of methoxy groups -OCH3 is 2. The molecule has 2 aromatic carbocycles. The van der Waals surface area contributed by atoms with E-state index >= 15 is 0 Å². The van der Waals surface area contributed by atoms with E-state index in [9.17, 15) is 9.18 Å². The summed E-state index contributed by atoms with van der Waals surface area (Å²) >= 11 is 0. The zero-order valence-electron chi connectivity index (χ0n) is 14.3. The fourth-order valence-electron chi connectivity index (χ4n) is 2.43. The molecule has 0 aliphatic heterocycles. The first-order chi connectivity index (χ1) is 12.6. The normalized spacial score (nSPS) is 10.4. The van der Waals surface area contributed by atoms with E-state index in [1.807, 2.05) is 24.3 Å². The number of carbonyl (C=O) groups is 1. The highest BCUT2D eigenvalue weighted by Gasteiger charge is 2.14. The predicted molar refractivity (Wildman–Crippen MR) is 93.6 cm³/mol. The number of halogens is 1. The number of oxazole rings is 1. The van der Waals surface area contributed by atoms with Gasteiger partial charge in [-0.2, -0.15) is 0 Å². The van der Waals surface area contributed by atoms with Crippen molar-refractivity contribution in [1.29, 1.82) is 0 Å². The predicted octanol–water partition coefficient (Wildman–Crippen LogP) is 3.89. The van der Waals surface area contributed by atoms with Crippen LogP contribution < -0.4 is 10.1 Å². The van der Waals surface area contributed by atoms with Crippen LogP contribution in [0.3, 0.4) is 0 Å². The number of para-hydroxylation sites is 1. The first-order valence-electron chi connectivity index (χ1n) is 7.82. The van der Waals surface area contributed by atoms with Crippen LogP contribution in [0.25, 0.3) is 11.5 Å². The van der Waals surface area contributed by atoms with Crippen molar-refractivity contribution < 1.29 is 23.1 Å². The molecule has 0 saturated carbocycles. The van der Waals surface area contributed by atoms with Crippen LogP contribution in [-0.2, 0) is 11.3 Å². The van der Waals surface area contributed by atoms with Crippen molar-refractivity contribution in [1.82, 2.24) is 4.98 Å². The van der Waals surface area contributed by atoms with E-state index in [4.69, 9.17) is 9.15 Å². The van der Waals surface area contributed by atoms with Gasteiger partial charge in [-0.1, -0.05) is 12.1 Å². The standard InChI is InChI=1S/C19H17FN2O4/c1-24-17-6-4-3-5-14(17)18-22-13(11-26-18)10-21-12-7-8-16(20)15(9-12)19(23)25-2/h3-9,11,21H,10H2,1-2H3. The second-order valence-electron chi connectivity index (χ2n) is 5.38. The van der Waals surface area contributed by atoms with Crippen molar-refractivity contribution in [3.05, 3.63) is 65.8 Å². The molecular weight excluding hydrogens is 339 g/mol. The van der Waals surface area contributed by atoms with Crippen LogP contribution in [0.15, 0.2) is 53.1 Å². The summed E-state index contributed by atoms with van der Waals surface area (Å²) in [7, 11) is 2.79. The number of esters is 1. The fourth-order valence-corrected chi connectivity index (χ4v) is 2.43. The largest absolute Gasteiger partial charge is 0.496 e. The minimum Gasteiger partial charge on any atom is -0.496 e. The monoisotopic (exact) mass is 356 g/mol. The van der Waals surface area contributed by atoms with Gasteiger partial charge in [0.1, 0.15) is 17.8 Å². The van der Waals surface area contributed by atoms with Gasteiger partial charge in [0.2, 0.25) is 5.89 Å². The summed E-state index contributed by atoms with van der Waals surface area (Å²) in [5, 5.41) is 3.07. The lowest BCUT2D eigenvalue weighted by molar-refractivity contribution is 0.0595. The minimum absolute atomic E-state index is 0.132. The van der Waals surface area contributed by atoms with Gasteiger partial charge in [-0.25, -0.2) is 14.2 Å². The van der Waals surface area contributed by atoms with Crippen LogP contribution in [0.1, 0.15) is 16.1 Å². The Bertz CT molecular complexity index is 923. The molecule has 26 heavy (non-hydrogen) atoms. The van der Waals surface area contributed by atoms with E-state index in [0.29, 0.717) is 29.6 Å². The molecule has 0 atom stereocenters. The molecule has 1 N–H and O–H groups in total. The zero-order valence-corrected chi connectivity index (χ0v) is 14.3. The Morgan fingerprint density at radius 2 is 2.04 bits per heavy atom. The summed E-state index contributed by atoms with van der Waals surface area (Å²) in [5.41, 5.74) is 1.83. The highest BCUT2D eigenvalue weighted by molar-refractivity contribution is 5.90. The van der Waals surface area contributed by atoms with Crippen LogP contribution in [0.4, 0.5) is 10.1 Å². The topological polar surface area (TPSA) is 73.6 Å². The first kappa shape index (κ1) is 17.5. The van der Waals surface area contributed by atoms with Gasteiger partial charge in [0.25, 0.3) is 0 Å². The van der Waals surface area contributed by atoms with Gasteiger partial charge in [-0.15, -0.1) is 0 Å². The molecule has 1 aromatic heterocycles. The number of benzene rings is 2. The molecule has 1 heterocycles. The molecular formula is C19H17FN2O4. The number of hydrogen-bond acceptors (Lipinski definition) is 6. The van der Waals surface area contributed by atoms with E-state index in [0.717, 1.165) is 5.56 Å². The Kier molecular flexibility index (Phi) is 5.17. The number of ether oxygens (including phenoxy) is 2. The van der Waals surface area contributed by atoms with Gasteiger partial charge in [-0.3, -0.25) is 0 Å². The minimum atomic E-state index is -0.731. The van der Waals surface area contributed by atoms with Gasteiger partial charge in [0.05, 0.1) is 37.6 Å². The highest BCUT2D eigenvalue weighted by atomic mass is 19.1. The van der Waals surface area contributed by atoms with Crippen LogP contribution in [0, 0.1) is 5.82 Å². The van der Waals surface area contributed by atoms with Crippen LogP contribution in [0.2, 0.25) is 0 Å². The SMILES string of the molecule is COC(=O)c1cc(NCc2coc(-c3ccccc3OC)n2)ccc1F. The Hall–Kier alpha value is -3.35. The lowest BCUT2D eigenvalue weighted by Gasteiger charge is -2.07. The highest BCUT2D eigenvalue weighted by Crippen LogP contribution is 2.29. The molecule has 7 heteroatoms. The van der Waals surface area contributed by atoms with Crippen molar-refractivity contribution in [2.75, 3.05) is 19.5 Å². The zero-order chi connectivity index (χ0) is 18.5. The molecule has 0 bridgehead atoms. The van der Waals surface area contributed by atoms with Crippen molar-refractivity contribution >= 4 is 11.7 Å². The first-order valence-corrected chi connectivity index (χ1v) is 7.82. The number of aromatic nitrogens is 1. The average Bonchev–Trinajstić information content (AvgIpc) is 3.15. The maximum absolute atomic E-state index is 13.7. The van der Waals surface area contributed by atoms with Gasteiger partial charge in [0, 0.05) is 5.69 Å². The number of hydrogen-bond donors (Lipinski definition) is 1. The van der Waals surface area contributed by atoms with E-state index < -0.39 is 11.8 Å². The van der Waals surface area contributed by atoms with Crippen molar-refractivity contribution in [2.24, 2.45) is 0 Å². The lowest BCUT2D eigenvalue weighted by atomic mass is 10.2. The summed E-state index contributed by atoms with van der Waals surface area (Å²) in [4.78, 5) is 16.0. The lowest BCUT2D eigenvalue weighted by Crippen LogP contribution is -2.06. The number of carbonyl (C=O) groups excluding carboxylic acids is 1. The smallest absolute Gasteiger partial charge is 0.340 e. The maximum atomic E-state index is 13.7. The molecule has 134 valence electrons. The number of nitrogens with zero attached hydrogens (tertiary/aromatic N) is 1. The van der Waals surface area contributed by atoms with E-state index in [-0.39, 0.29) is 5.56 Å². The van der Waals surface area contributed by atoms with Gasteiger partial charge in [0.15, 0.2) is 0 Å². The van der Waals surface area contributed by atoms with Gasteiger partial charge >= 0.3 is 5.97 Å². The van der Waals surface area contributed by atoms with E-state index in [1.54, 1.807) is 7.11 Å². The summed E-state index contributed by atoms with van der Waals surface area (Å²) in [5.74, 6) is -0.267. The van der Waals surface area contributed by atoms with E-state index in [2.05, 4.69) is 15.0 Å². The van der Waals surface area contributed by atoms with Crippen molar-refractivity contribution in [3.63, 3.8) is 0 Å². The summed E-state index contributed by atoms with van der Waals surface area (Å²) in [6.45, 7) is 0.338. The number of rotatable bonds is 6. The molecule has 0 radical (unpaired) electrons. The Morgan fingerprint density at radius 1 is 1.23 bits per heavy atom. The average molecular weight is 356 g/mol. The maximum Gasteiger partial charge on any atom is 0.340 e. The molecule has 0 spiro atoms. The molecule has 0 aliphatic rings. The molecule has 0 unspecified atom stereocenters. The quantitative estimate of drug-likeness (QED) is 0.676. The van der Waals surface area contributed by atoms with E-state index in [1.165, 1.54) is 31.6 Å². The number of nitrogens with one attached hydrogen (secondary N) is 1. The molecule has 3 rings (SSSR count). The Balaban J connectivity index is 1.74. The summed E-state index contributed by atoms with van der Waals surface area (Å²) in [6.07, 6.45) is 1.53. The van der Waals surface area contributed by atoms with Crippen molar-refractivity contribution in [3.8, 4) is 17.2 Å². The molecule has 3 aromatic rings. The molecule has 6 nitrogen and oxygen atoms in total. The summed E-state index contributed by atoms with van der Waals surface area (Å²) < 4.78 is 29.0. The second kappa shape index (κ2) is 7.69. The Morgan fingerprint density at radius 3 is 2.81 bits per heavy atom. The third kappa shape index (κ3) is 3.66. The Labute approximate surface area is 149 Å². The van der Waals surface area contributed by atoms with Gasteiger partial charge in [-0.05, 0) is 30.3 Å². The van der Waals surface area contributed by atoms with Crippen molar-refractivity contribution in [2.45, 2.75) is 6.54 Å². The van der Waals surface area contributed by atoms with Crippen LogP contribution in [0.5, 0.6) is 5.75 Å². The molecule has 0 fully saturated rings. The molecule has 0 amide bonds. The van der Waals surface area contributed by atoms with Crippen LogP contribution >= 0.6 is 0 Å². The fraction of sp³-hybridized carbons (Fsp3) is 0.158. The number of anilines is 1. The van der Waals surface area contributed by atoms with Gasteiger partial charge < -0.3 is 19.2 Å². The summed E-state index contributed by atoms with van der Waals surface area (Å²) in [6, 6.07) is 11.5. The van der Waals surface area contributed by atoms with Crippen LogP contribution in [-0.4, -0.2) is 25.2 Å². The molecule has 0 aliphatic carbocycles. The molecule has 0 saturated heterocycles. The third-order valence-corrected chi connectivity index (χ3v) is 3.73.